The minimum Gasteiger partial charge on any atom is -0.355 e. The van der Waals surface area contributed by atoms with Gasteiger partial charge in [-0.05, 0) is 37.7 Å². The number of rotatable bonds is 7. The van der Waals surface area contributed by atoms with Crippen molar-refractivity contribution in [3.63, 3.8) is 0 Å². The third kappa shape index (κ3) is 7.41. The van der Waals surface area contributed by atoms with Crippen LogP contribution in [0.15, 0.2) is 21.3 Å². The van der Waals surface area contributed by atoms with Crippen molar-refractivity contribution in [1.29, 1.82) is 0 Å². The van der Waals surface area contributed by atoms with E-state index in [0.29, 0.717) is 28.1 Å². The van der Waals surface area contributed by atoms with Crippen molar-refractivity contribution in [2.75, 3.05) is 26.4 Å². The molecule has 3 N–H and O–H groups in total. The zero-order valence-corrected chi connectivity index (χ0v) is 19.7. The molecule has 1 fully saturated rings. The first-order chi connectivity index (χ1) is 11.4. The molecule has 11 heteroatoms. The fraction of sp³-hybridized carbons (Fsp3) is 0.643. The van der Waals surface area contributed by atoms with E-state index in [1.807, 2.05) is 11.8 Å². The maximum absolute atomic E-state index is 12.1. The van der Waals surface area contributed by atoms with Gasteiger partial charge in [-0.25, -0.2) is 13.1 Å². The fourth-order valence-electron chi connectivity index (χ4n) is 2.55. The zero-order valence-electron chi connectivity index (χ0n) is 14.1. The number of hydrogen-bond donors (Lipinski definition) is 3. The third-order valence-corrected chi connectivity index (χ3v) is 8.08. The van der Waals surface area contributed by atoms with Crippen LogP contribution >= 0.6 is 58.7 Å². The summed E-state index contributed by atoms with van der Waals surface area (Å²) in [4.78, 5) is 4.19. The van der Waals surface area contributed by atoms with Crippen molar-refractivity contribution in [2.45, 2.75) is 34.8 Å². The summed E-state index contributed by atoms with van der Waals surface area (Å²) in [7, 11) is -1.78. The van der Waals surface area contributed by atoms with Crippen LogP contribution in [-0.2, 0) is 10.0 Å². The van der Waals surface area contributed by atoms with Gasteiger partial charge in [0.1, 0.15) is 4.21 Å². The molecule has 1 aromatic rings. The van der Waals surface area contributed by atoms with Crippen molar-refractivity contribution in [1.82, 2.24) is 15.4 Å². The molecule has 2 atom stereocenters. The Labute approximate surface area is 180 Å². The van der Waals surface area contributed by atoms with Gasteiger partial charge in [-0.1, -0.05) is 11.6 Å². The second-order valence-corrected chi connectivity index (χ2v) is 10.3. The summed E-state index contributed by atoms with van der Waals surface area (Å²) in [5, 5.41) is 7.25. The predicted octanol–water partition coefficient (Wildman–Crippen LogP) is 2.75. The lowest BCUT2D eigenvalue weighted by atomic mass is 10.2. The van der Waals surface area contributed by atoms with Gasteiger partial charge in [0, 0.05) is 31.4 Å². The summed E-state index contributed by atoms with van der Waals surface area (Å²) >= 11 is 8.73. The number of nitrogens with one attached hydrogen (secondary N) is 3. The van der Waals surface area contributed by atoms with E-state index in [9.17, 15) is 8.42 Å². The molecular formula is C14H24ClIN4O2S3. The molecule has 144 valence electrons. The van der Waals surface area contributed by atoms with Crippen LogP contribution in [0.2, 0.25) is 4.34 Å². The van der Waals surface area contributed by atoms with Gasteiger partial charge < -0.3 is 10.6 Å². The Morgan fingerprint density at radius 1 is 1.40 bits per heavy atom. The number of guanidine groups is 1. The average Bonchev–Trinajstić information content (AvgIpc) is 3.19. The first kappa shape index (κ1) is 23.3. The van der Waals surface area contributed by atoms with E-state index in [-0.39, 0.29) is 34.7 Å². The highest BCUT2D eigenvalue weighted by molar-refractivity contribution is 14.0. The molecule has 0 aromatic carbocycles. The third-order valence-electron chi connectivity index (χ3n) is 3.81. The number of thiophene rings is 1. The first-order valence-electron chi connectivity index (χ1n) is 7.69. The quantitative estimate of drug-likeness (QED) is 0.215. The molecule has 0 amide bonds. The zero-order chi connectivity index (χ0) is 17.6. The Hall–Kier alpha value is 0.250. The Balaban J connectivity index is 0.00000312. The minimum absolute atomic E-state index is 0. The molecule has 1 aromatic heterocycles. The van der Waals surface area contributed by atoms with Crippen LogP contribution in [0.25, 0.3) is 0 Å². The van der Waals surface area contributed by atoms with E-state index >= 15 is 0 Å². The Morgan fingerprint density at radius 2 is 2.16 bits per heavy atom. The average molecular weight is 539 g/mol. The SMILES string of the molecule is CN=C(NCCNS(=O)(=O)c1ccc(Cl)s1)NC1CCC(SC)C1.I. The maximum atomic E-state index is 12.1. The van der Waals surface area contributed by atoms with Gasteiger partial charge in [0.05, 0.1) is 4.34 Å². The van der Waals surface area contributed by atoms with Gasteiger partial charge in [0.15, 0.2) is 5.96 Å². The summed E-state index contributed by atoms with van der Waals surface area (Å²) in [5.41, 5.74) is 0. The lowest BCUT2D eigenvalue weighted by Gasteiger charge is -2.17. The molecule has 6 nitrogen and oxygen atoms in total. The van der Waals surface area contributed by atoms with E-state index in [4.69, 9.17) is 11.6 Å². The van der Waals surface area contributed by atoms with Crippen LogP contribution in [-0.4, -0.2) is 52.1 Å². The summed E-state index contributed by atoms with van der Waals surface area (Å²) in [5.74, 6) is 0.708. The van der Waals surface area contributed by atoms with E-state index in [1.165, 1.54) is 12.5 Å². The molecule has 0 radical (unpaired) electrons. The van der Waals surface area contributed by atoms with E-state index < -0.39 is 10.0 Å². The lowest BCUT2D eigenvalue weighted by molar-refractivity contribution is 0.580. The van der Waals surface area contributed by atoms with Crippen LogP contribution < -0.4 is 15.4 Å². The van der Waals surface area contributed by atoms with Gasteiger partial charge >= 0.3 is 0 Å². The number of halogens is 2. The summed E-state index contributed by atoms with van der Waals surface area (Å²) in [6.45, 7) is 0.730. The van der Waals surface area contributed by atoms with Crippen molar-refractivity contribution < 1.29 is 8.42 Å². The molecule has 1 aliphatic rings. The highest BCUT2D eigenvalue weighted by Gasteiger charge is 2.24. The minimum atomic E-state index is -3.50. The molecule has 0 saturated heterocycles. The van der Waals surface area contributed by atoms with Crippen LogP contribution in [0, 0.1) is 0 Å². The standard InChI is InChI=1S/C14H23ClN4O2S3.HI/c1-16-14(19-10-3-4-11(9-10)22-2)17-7-8-18-24(20,21)13-6-5-12(15)23-13;/h5-6,10-11,18H,3-4,7-9H2,1-2H3,(H2,16,17,19);1H. The number of aliphatic imine (C=N–C) groups is 1. The summed E-state index contributed by atoms with van der Waals surface area (Å²) in [6, 6.07) is 3.51. The van der Waals surface area contributed by atoms with Crippen molar-refractivity contribution in [3.05, 3.63) is 16.5 Å². The fourth-order valence-corrected chi connectivity index (χ4v) is 5.91. The van der Waals surface area contributed by atoms with Crippen molar-refractivity contribution in [3.8, 4) is 0 Å². The smallest absolute Gasteiger partial charge is 0.250 e. The molecule has 2 unspecified atom stereocenters. The van der Waals surface area contributed by atoms with Crippen LogP contribution in [0.4, 0.5) is 0 Å². The van der Waals surface area contributed by atoms with Crippen molar-refractivity contribution >= 4 is 74.7 Å². The predicted molar refractivity (Wildman–Crippen MR) is 119 cm³/mol. The Kier molecular flexibility index (Phi) is 10.4. The number of thioether (sulfide) groups is 1. The van der Waals surface area contributed by atoms with E-state index in [1.54, 1.807) is 13.1 Å². The molecular weight excluding hydrogens is 515 g/mol. The van der Waals surface area contributed by atoms with Gasteiger partial charge in [-0.15, -0.1) is 35.3 Å². The molecule has 2 rings (SSSR count). The normalized spacial score (nSPS) is 21.0. The summed E-state index contributed by atoms with van der Waals surface area (Å²) < 4.78 is 27.4. The highest BCUT2D eigenvalue weighted by Crippen LogP contribution is 2.28. The lowest BCUT2D eigenvalue weighted by Crippen LogP contribution is -2.45. The molecule has 0 spiro atoms. The molecule has 1 saturated carbocycles. The number of nitrogens with zero attached hydrogens (tertiary/aromatic N) is 1. The van der Waals surface area contributed by atoms with Gasteiger partial charge in [-0.2, -0.15) is 11.8 Å². The molecule has 1 aliphatic carbocycles. The highest BCUT2D eigenvalue weighted by atomic mass is 127. The Bertz CT molecular complexity index is 669. The number of hydrogen-bond acceptors (Lipinski definition) is 5. The van der Waals surface area contributed by atoms with Crippen LogP contribution in [0.3, 0.4) is 0 Å². The topological polar surface area (TPSA) is 82.6 Å². The molecule has 25 heavy (non-hydrogen) atoms. The maximum Gasteiger partial charge on any atom is 0.250 e. The van der Waals surface area contributed by atoms with Crippen LogP contribution in [0.5, 0.6) is 0 Å². The molecule has 1 heterocycles. The number of sulfonamides is 1. The van der Waals surface area contributed by atoms with Crippen LogP contribution in [0.1, 0.15) is 19.3 Å². The van der Waals surface area contributed by atoms with Gasteiger partial charge in [-0.3, -0.25) is 4.99 Å². The van der Waals surface area contributed by atoms with E-state index in [0.717, 1.165) is 24.2 Å². The first-order valence-corrected chi connectivity index (χ1v) is 11.7. The second-order valence-electron chi connectivity index (χ2n) is 5.47. The molecule has 0 bridgehead atoms. The Morgan fingerprint density at radius 3 is 2.72 bits per heavy atom. The monoisotopic (exact) mass is 538 g/mol. The van der Waals surface area contributed by atoms with Gasteiger partial charge in [0.25, 0.3) is 0 Å². The molecule has 0 aliphatic heterocycles. The van der Waals surface area contributed by atoms with E-state index in [2.05, 4.69) is 26.6 Å². The van der Waals surface area contributed by atoms with Gasteiger partial charge in [0.2, 0.25) is 10.0 Å². The summed E-state index contributed by atoms with van der Waals surface area (Å²) in [6.07, 6.45) is 5.64. The largest absolute Gasteiger partial charge is 0.355 e. The second kappa shape index (κ2) is 11.2. The van der Waals surface area contributed by atoms with Crippen molar-refractivity contribution in [2.24, 2.45) is 4.99 Å².